The molecule has 0 radical (unpaired) electrons. The van der Waals surface area contributed by atoms with E-state index in [1.165, 1.54) is 16.0 Å². The van der Waals surface area contributed by atoms with Crippen LogP contribution in [0.2, 0.25) is 0 Å². The molecule has 114 valence electrons. The molecule has 1 heterocycles. The number of hydrogen-bond acceptors (Lipinski definition) is 4. The first-order valence-electron chi connectivity index (χ1n) is 7.26. The fraction of sp³-hybridized carbons (Fsp3) is 0.412. The number of benzene rings is 1. The van der Waals surface area contributed by atoms with Crippen LogP contribution in [0.3, 0.4) is 0 Å². The lowest BCUT2D eigenvalue weighted by molar-refractivity contribution is 0.354. The van der Waals surface area contributed by atoms with E-state index in [2.05, 4.69) is 42.7 Å². The SMILES string of the molecule is CCNC(c1ccc(OC)c(OC)c1)c1sccc1CC. The van der Waals surface area contributed by atoms with E-state index >= 15 is 0 Å². The summed E-state index contributed by atoms with van der Waals surface area (Å²) < 4.78 is 10.8. The van der Waals surface area contributed by atoms with Crippen LogP contribution in [0.1, 0.15) is 35.9 Å². The minimum Gasteiger partial charge on any atom is -0.493 e. The van der Waals surface area contributed by atoms with Crippen LogP contribution in [-0.2, 0) is 6.42 Å². The first kappa shape index (κ1) is 15.9. The smallest absolute Gasteiger partial charge is 0.161 e. The highest BCUT2D eigenvalue weighted by molar-refractivity contribution is 7.10. The van der Waals surface area contributed by atoms with Crippen molar-refractivity contribution in [1.82, 2.24) is 5.32 Å². The summed E-state index contributed by atoms with van der Waals surface area (Å²) in [5.74, 6) is 1.53. The molecule has 1 unspecified atom stereocenters. The van der Waals surface area contributed by atoms with Crippen molar-refractivity contribution in [1.29, 1.82) is 0 Å². The number of nitrogens with one attached hydrogen (secondary N) is 1. The van der Waals surface area contributed by atoms with E-state index in [0.29, 0.717) is 0 Å². The molecule has 1 aromatic heterocycles. The Morgan fingerprint density at radius 2 is 1.86 bits per heavy atom. The van der Waals surface area contributed by atoms with E-state index in [4.69, 9.17) is 9.47 Å². The van der Waals surface area contributed by atoms with Gasteiger partial charge >= 0.3 is 0 Å². The summed E-state index contributed by atoms with van der Waals surface area (Å²) in [7, 11) is 3.33. The third-order valence-electron chi connectivity index (χ3n) is 3.57. The van der Waals surface area contributed by atoms with Crippen LogP contribution in [0.15, 0.2) is 29.6 Å². The molecule has 0 bridgehead atoms. The largest absolute Gasteiger partial charge is 0.493 e. The van der Waals surface area contributed by atoms with Crippen LogP contribution in [0.25, 0.3) is 0 Å². The van der Waals surface area contributed by atoms with Crippen molar-refractivity contribution in [3.8, 4) is 11.5 Å². The molecule has 0 aliphatic carbocycles. The second-order valence-electron chi connectivity index (χ2n) is 4.77. The van der Waals surface area contributed by atoms with Crippen molar-refractivity contribution in [3.63, 3.8) is 0 Å². The van der Waals surface area contributed by atoms with Crippen LogP contribution < -0.4 is 14.8 Å². The van der Waals surface area contributed by atoms with Crippen molar-refractivity contribution < 1.29 is 9.47 Å². The highest BCUT2D eigenvalue weighted by atomic mass is 32.1. The van der Waals surface area contributed by atoms with E-state index in [1.54, 1.807) is 25.6 Å². The van der Waals surface area contributed by atoms with Gasteiger partial charge in [-0.25, -0.2) is 0 Å². The fourth-order valence-electron chi connectivity index (χ4n) is 2.49. The molecule has 21 heavy (non-hydrogen) atoms. The van der Waals surface area contributed by atoms with Gasteiger partial charge in [0.2, 0.25) is 0 Å². The maximum Gasteiger partial charge on any atom is 0.161 e. The van der Waals surface area contributed by atoms with E-state index in [1.807, 2.05) is 6.07 Å². The van der Waals surface area contributed by atoms with E-state index in [0.717, 1.165) is 24.5 Å². The Labute approximate surface area is 130 Å². The standard InChI is InChI=1S/C17H23NO2S/c1-5-12-9-10-21-17(12)16(18-6-2)13-7-8-14(19-3)15(11-13)20-4/h7-11,16,18H,5-6H2,1-4H3. The lowest BCUT2D eigenvalue weighted by Gasteiger charge is -2.20. The van der Waals surface area contributed by atoms with Crippen LogP contribution in [-0.4, -0.2) is 20.8 Å². The summed E-state index contributed by atoms with van der Waals surface area (Å²) in [6.07, 6.45) is 1.05. The second-order valence-corrected chi connectivity index (χ2v) is 5.72. The minimum absolute atomic E-state index is 0.199. The lowest BCUT2D eigenvalue weighted by atomic mass is 10.0. The lowest BCUT2D eigenvalue weighted by Crippen LogP contribution is -2.22. The Morgan fingerprint density at radius 3 is 2.48 bits per heavy atom. The fourth-order valence-corrected chi connectivity index (χ4v) is 3.59. The topological polar surface area (TPSA) is 30.5 Å². The predicted octanol–water partition coefficient (Wildman–Crippen LogP) is 4.03. The van der Waals surface area contributed by atoms with E-state index in [-0.39, 0.29) is 6.04 Å². The number of ether oxygens (including phenoxy) is 2. The quantitative estimate of drug-likeness (QED) is 0.838. The second kappa shape index (κ2) is 7.48. The zero-order valence-electron chi connectivity index (χ0n) is 13.1. The van der Waals surface area contributed by atoms with Gasteiger partial charge in [0, 0.05) is 4.88 Å². The molecule has 0 saturated carbocycles. The summed E-state index contributed by atoms with van der Waals surface area (Å²) in [6, 6.07) is 8.55. The van der Waals surface area contributed by atoms with Crippen molar-refractivity contribution in [2.75, 3.05) is 20.8 Å². The van der Waals surface area contributed by atoms with Gasteiger partial charge in [0.1, 0.15) is 0 Å². The van der Waals surface area contributed by atoms with Gasteiger partial charge in [0.15, 0.2) is 11.5 Å². The van der Waals surface area contributed by atoms with Gasteiger partial charge in [0.05, 0.1) is 20.3 Å². The first-order valence-corrected chi connectivity index (χ1v) is 8.14. The number of hydrogen-bond donors (Lipinski definition) is 1. The molecule has 1 N–H and O–H groups in total. The van der Waals surface area contributed by atoms with Crippen molar-refractivity contribution in [3.05, 3.63) is 45.6 Å². The van der Waals surface area contributed by atoms with Crippen LogP contribution >= 0.6 is 11.3 Å². The molecule has 0 spiro atoms. The van der Waals surface area contributed by atoms with Crippen molar-refractivity contribution in [2.24, 2.45) is 0 Å². The molecular formula is C17H23NO2S. The Bertz CT molecular complexity index is 580. The summed E-state index contributed by atoms with van der Waals surface area (Å²) in [6.45, 7) is 5.25. The molecule has 4 heteroatoms. The van der Waals surface area contributed by atoms with Gasteiger partial charge in [-0.05, 0) is 47.7 Å². The zero-order valence-corrected chi connectivity index (χ0v) is 13.9. The number of methoxy groups -OCH3 is 2. The Hall–Kier alpha value is -1.52. The Kier molecular flexibility index (Phi) is 5.65. The predicted molar refractivity (Wildman–Crippen MR) is 88.8 cm³/mol. The number of aryl methyl sites for hydroxylation is 1. The van der Waals surface area contributed by atoms with Gasteiger partial charge in [0.25, 0.3) is 0 Å². The van der Waals surface area contributed by atoms with E-state index < -0.39 is 0 Å². The molecule has 0 aliphatic rings. The van der Waals surface area contributed by atoms with Crippen molar-refractivity contribution >= 4 is 11.3 Å². The Balaban J connectivity index is 2.43. The normalized spacial score (nSPS) is 12.2. The van der Waals surface area contributed by atoms with Crippen LogP contribution in [0.4, 0.5) is 0 Å². The molecule has 0 fully saturated rings. The molecular weight excluding hydrogens is 282 g/mol. The molecule has 0 amide bonds. The summed E-state index contributed by atoms with van der Waals surface area (Å²) in [4.78, 5) is 1.38. The summed E-state index contributed by atoms with van der Waals surface area (Å²) >= 11 is 1.81. The van der Waals surface area contributed by atoms with Crippen LogP contribution in [0, 0.1) is 0 Å². The van der Waals surface area contributed by atoms with Gasteiger partial charge in [-0.3, -0.25) is 0 Å². The molecule has 2 aromatic rings. The van der Waals surface area contributed by atoms with Crippen molar-refractivity contribution in [2.45, 2.75) is 26.3 Å². The van der Waals surface area contributed by atoms with Crippen LogP contribution in [0.5, 0.6) is 11.5 Å². The number of rotatable bonds is 7. The maximum atomic E-state index is 5.43. The molecule has 1 aromatic carbocycles. The monoisotopic (exact) mass is 305 g/mol. The average molecular weight is 305 g/mol. The molecule has 2 rings (SSSR count). The summed E-state index contributed by atoms with van der Waals surface area (Å²) in [5.41, 5.74) is 2.60. The molecule has 3 nitrogen and oxygen atoms in total. The molecule has 0 aliphatic heterocycles. The average Bonchev–Trinajstić information content (AvgIpc) is 3.00. The van der Waals surface area contributed by atoms with Gasteiger partial charge in [-0.15, -0.1) is 11.3 Å². The highest BCUT2D eigenvalue weighted by Gasteiger charge is 2.19. The molecule has 0 saturated heterocycles. The zero-order chi connectivity index (χ0) is 15.2. The minimum atomic E-state index is 0.199. The molecule has 1 atom stereocenters. The van der Waals surface area contributed by atoms with Gasteiger partial charge in [-0.2, -0.15) is 0 Å². The van der Waals surface area contributed by atoms with E-state index in [9.17, 15) is 0 Å². The first-order chi connectivity index (χ1) is 10.2. The van der Waals surface area contributed by atoms with Gasteiger partial charge < -0.3 is 14.8 Å². The summed E-state index contributed by atoms with van der Waals surface area (Å²) in [5, 5.41) is 5.74. The maximum absolute atomic E-state index is 5.43. The third kappa shape index (κ3) is 3.39. The third-order valence-corrected chi connectivity index (χ3v) is 4.60. The van der Waals surface area contributed by atoms with Gasteiger partial charge in [-0.1, -0.05) is 19.9 Å². The Morgan fingerprint density at radius 1 is 1.10 bits per heavy atom. The highest BCUT2D eigenvalue weighted by Crippen LogP contribution is 2.35. The number of thiophene rings is 1.